The highest BCUT2D eigenvalue weighted by Crippen LogP contribution is 2.33. The maximum Gasteiger partial charge on any atom is 0.348 e. The van der Waals surface area contributed by atoms with Gasteiger partial charge in [0.05, 0.1) is 0 Å². The number of carboxylic acids is 1. The normalized spacial score (nSPS) is 18.3. The van der Waals surface area contributed by atoms with E-state index in [0.29, 0.717) is 12.8 Å². The second-order valence-corrected chi connectivity index (χ2v) is 4.54. The van der Waals surface area contributed by atoms with Crippen molar-refractivity contribution < 1.29 is 23.4 Å². The number of ether oxygens (including phenoxy) is 1. The van der Waals surface area contributed by atoms with Gasteiger partial charge in [-0.15, -0.1) is 0 Å². The van der Waals surface area contributed by atoms with Crippen molar-refractivity contribution >= 4 is 5.97 Å². The monoisotopic (exact) mass is 256 g/mol. The smallest absolute Gasteiger partial charge is 0.348 e. The van der Waals surface area contributed by atoms with E-state index in [4.69, 9.17) is 4.74 Å². The minimum Gasteiger partial charge on any atom is -0.478 e. The van der Waals surface area contributed by atoms with Crippen LogP contribution in [-0.4, -0.2) is 16.7 Å². The first-order valence-corrected chi connectivity index (χ1v) is 5.91. The first-order valence-electron chi connectivity index (χ1n) is 5.91. The van der Waals surface area contributed by atoms with Gasteiger partial charge in [-0.2, -0.15) is 0 Å². The molecule has 3 nitrogen and oxygen atoms in total. The van der Waals surface area contributed by atoms with Crippen molar-refractivity contribution in [1.29, 1.82) is 0 Å². The highest BCUT2D eigenvalue weighted by atomic mass is 19.2. The van der Waals surface area contributed by atoms with Crippen LogP contribution in [0, 0.1) is 11.6 Å². The molecule has 1 aromatic rings. The molecular formula is C13H14F2O3. The van der Waals surface area contributed by atoms with Gasteiger partial charge in [0.25, 0.3) is 0 Å². The molecule has 0 saturated heterocycles. The summed E-state index contributed by atoms with van der Waals surface area (Å²) in [6.45, 7) is 0. The van der Waals surface area contributed by atoms with Crippen molar-refractivity contribution in [3.05, 3.63) is 29.8 Å². The molecule has 2 rings (SSSR count). The summed E-state index contributed by atoms with van der Waals surface area (Å²) >= 11 is 0. The van der Waals surface area contributed by atoms with Gasteiger partial charge in [0.2, 0.25) is 5.60 Å². The minimum atomic E-state index is -1.30. The van der Waals surface area contributed by atoms with Gasteiger partial charge in [-0.1, -0.05) is 6.42 Å². The fourth-order valence-corrected chi connectivity index (χ4v) is 2.25. The molecule has 1 aliphatic carbocycles. The number of carbonyl (C=O) groups is 1. The molecule has 1 aromatic carbocycles. The van der Waals surface area contributed by atoms with Crippen molar-refractivity contribution in [1.82, 2.24) is 0 Å². The predicted octanol–water partition coefficient (Wildman–Crippen LogP) is 3.13. The van der Waals surface area contributed by atoms with E-state index < -0.39 is 23.2 Å². The van der Waals surface area contributed by atoms with Crippen LogP contribution in [0.15, 0.2) is 18.2 Å². The lowest BCUT2D eigenvalue weighted by Gasteiger charge is -2.33. The van der Waals surface area contributed by atoms with Crippen LogP contribution in [-0.2, 0) is 4.79 Å². The number of rotatable bonds is 3. The molecule has 1 N–H and O–H groups in total. The van der Waals surface area contributed by atoms with Crippen LogP contribution in [0.25, 0.3) is 0 Å². The molecule has 5 heteroatoms. The van der Waals surface area contributed by atoms with E-state index in [1.54, 1.807) is 0 Å². The molecule has 0 bridgehead atoms. The molecule has 18 heavy (non-hydrogen) atoms. The Balaban J connectivity index is 2.23. The average Bonchev–Trinajstić information content (AvgIpc) is 2.35. The van der Waals surface area contributed by atoms with Gasteiger partial charge >= 0.3 is 5.97 Å². The molecule has 1 aliphatic rings. The Bertz CT molecular complexity index is 454. The standard InChI is InChI=1S/C13H14F2O3/c14-10-5-4-9(8-11(10)15)18-13(12(16)17)6-2-1-3-7-13/h4-5,8H,1-3,6-7H2,(H,16,17). The summed E-state index contributed by atoms with van der Waals surface area (Å²) < 4.78 is 31.3. The summed E-state index contributed by atoms with van der Waals surface area (Å²) in [7, 11) is 0. The minimum absolute atomic E-state index is 0.0539. The lowest BCUT2D eigenvalue weighted by Crippen LogP contribution is -2.46. The van der Waals surface area contributed by atoms with Gasteiger partial charge in [-0.3, -0.25) is 0 Å². The van der Waals surface area contributed by atoms with Crippen molar-refractivity contribution in [3.63, 3.8) is 0 Å². The van der Waals surface area contributed by atoms with E-state index in [-0.39, 0.29) is 5.75 Å². The summed E-state index contributed by atoms with van der Waals surface area (Å²) in [5.41, 5.74) is -1.30. The summed E-state index contributed by atoms with van der Waals surface area (Å²) in [6, 6.07) is 3.06. The Hall–Kier alpha value is -1.65. The molecule has 0 radical (unpaired) electrons. The lowest BCUT2D eigenvalue weighted by atomic mass is 9.84. The van der Waals surface area contributed by atoms with E-state index in [1.165, 1.54) is 6.07 Å². The van der Waals surface area contributed by atoms with Gasteiger partial charge in [0.15, 0.2) is 11.6 Å². The maximum absolute atomic E-state index is 13.1. The van der Waals surface area contributed by atoms with E-state index in [0.717, 1.165) is 31.4 Å². The first kappa shape index (κ1) is 12.8. The van der Waals surface area contributed by atoms with Crippen LogP contribution in [0.2, 0.25) is 0 Å². The van der Waals surface area contributed by atoms with Gasteiger partial charge in [-0.25, -0.2) is 13.6 Å². The fraction of sp³-hybridized carbons (Fsp3) is 0.462. The average molecular weight is 256 g/mol. The Morgan fingerprint density at radius 1 is 1.17 bits per heavy atom. The molecule has 0 amide bonds. The number of halogens is 2. The number of carboxylic acid groups (broad SMARTS) is 1. The molecule has 1 fully saturated rings. The van der Waals surface area contributed by atoms with E-state index in [1.807, 2.05) is 0 Å². The summed E-state index contributed by atoms with van der Waals surface area (Å²) in [5.74, 6) is -3.01. The van der Waals surface area contributed by atoms with Gasteiger partial charge < -0.3 is 9.84 Å². The van der Waals surface area contributed by atoms with Crippen LogP contribution in [0.4, 0.5) is 8.78 Å². The predicted molar refractivity (Wildman–Crippen MR) is 60.4 cm³/mol. The molecule has 0 aliphatic heterocycles. The third-order valence-electron chi connectivity index (χ3n) is 3.26. The Labute approximate surface area is 103 Å². The second-order valence-electron chi connectivity index (χ2n) is 4.54. The Morgan fingerprint density at radius 2 is 1.83 bits per heavy atom. The van der Waals surface area contributed by atoms with E-state index in [2.05, 4.69) is 0 Å². The maximum atomic E-state index is 13.1. The summed E-state index contributed by atoms with van der Waals surface area (Å²) in [5, 5.41) is 9.28. The lowest BCUT2D eigenvalue weighted by molar-refractivity contribution is -0.158. The first-order chi connectivity index (χ1) is 8.53. The summed E-state index contributed by atoms with van der Waals surface area (Å²) in [4.78, 5) is 11.3. The van der Waals surface area contributed by atoms with Crippen molar-refractivity contribution in [2.45, 2.75) is 37.7 Å². The number of benzene rings is 1. The molecule has 0 atom stereocenters. The zero-order chi connectivity index (χ0) is 13.2. The summed E-state index contributed by atoms with van der Waals surface area (Å²) in [6.07, 6.45) is 3.27. The number of hydrogen-bond acceptors (Lipinski definition) is 2. The van der Waals surface area contributed by atoms with Gasteiger partial charge in [0.1, 0.15) is 5.75 Å². The highest BCUT2D eigenvalue weighted by Gasteiger charge is 2.42. The second kappa shape index (κ2) is 4.92. The van der Waals surface area contributed by atoms with E-state index >= 15 is 0 Å². The van der Waals surface area contributed by atoms with E-state index in [9.17, 15) is 18.7 Å². The topological polar surface area (TPSA) is 46.5 Å². The fourth-order valence-electron chi connectivity index (χ4n) is 2.25. The van der Waals surface area contributed by atoms with Crippen molar-refractivity contribution in [3.8, 4) is 5.75 Å². The molecule has 0 spiro atoms. The van der Waals surface area contributed by atoms with Crippen molar-refractivity contribution in [2.24, 2.45) is 0 Å². The molecular weight excluding hydrogens is 242 g/mol. The van der Waals surface area contributed by atoms with Crippen LogP contribution < -0.4 is 4.74 Å². The van der Waals surface area contributed by atoms with Crippen LogP contribution in [0.1, 0.15) is 32.1 Å². The quantitative estimate of drug-likeness (QED) is 0.903. The molecule has 1 saturated carbocycles. The SMILES string of the molecule is O=C(O)C1(Oc2ccc(F)c(F)c2)CCCCC1. The van der Waals surface area contributed by atoms with Gasteiger partial charge in [-0.05, 0) is 37.8 Å². The third-order valence-corrected chi connectivity index (χ3v) is 3.26. The number of aliphatic carboxylic acids is 1. The zero-order valence-corrected chi connectivity index (χ0v) is 9.79. The third kappa shape index (κ3) is 2.44. The Kier molecular flexibility index (Phi) is 3.50. The van der Waals surface area contributed by atoms with Crippen LogP contribution in [0.3, 0.4) is 0 Å². The zero-order valence-electron chi connectivity index (χ0n) is 9.79. The Morgan fingerprint density at radius 3 is 2.39 bits per heavy atom. The molecule has 98 valence electrons. The van der Waals surface area contributed by atoms with Gasteiger partial charge in [0, 0.05) is 6.07 Å². The largest absolute Gasteiger partial charge is 0.478 e. The van der Waals surface area contributed by atoms with Crippen LogP contribution in [0.5, 0.6) is 5.75 Å². The highest BCUT2D eigenvalue weighted by molar-refractivity contribution is 5.78. The van der Waals surface area contributed by atoms with Crippen LogP contribution >= 0.6 is 0 Å². The number of hydrogen-bond donors (Lipinski definition) is 1. The van der Waals surface area contributed by atoms with Crippen molar-refractivity contribution in [2.75, 3.05) is 0 Å². The molecule has 0 aromatic heterocycles. The molecule has 0 heterocycles. The molecule has 0 unspecified atom stereocenters.